The molecule has 134 valence electrons. The summed E-state index contributed by atoms with van der Waals surface area (Å²) in [5, 5.41) is 11.2. The van der Waals surface area contributed by atoms with E-state index in [4.69, 9.17) is 18.7 Å². The van der Waals surface area contributed by atoms with Gasteiger partial charge in [-0.05, 0) is 42.5 Å². The summed E-state index contributed by atoms with van der Waals surface area (Å²) in [5.41, 5.74) is 3.19. The molecule has 0 fully saturated rings. The Hall–Kier alpha value is -3.81. The summed E-state index contributed by atoms with van der Waals surface area (Å²) >= 11 is 0. The minimum absolute atomic E-state index is 0.226. The summed E-state index contributed by atoms with van der Waals surface area (Å²) in [6.45, 7) is 0.226. The number of rotatable bonds is 4. The molecule has 0 atom stereocenters. The van der Waals surface area contributed by atoms with Gasteiger partial charge in [0, 0.05) is 11.1 Å². The third kappa shape index (κ3) is 2.67. The maximum absolute atomic E-state index is 5.47. The van der Waals surface area contributed by atoms with Crippen LogP contribution in [0, 0.1) is 0 Å². The summed E-state index contributed by atoms with van der Waals surface area (Å²) in [7, 11) is 1.62. The summed E-state index contributed by atoms with van der Waals surface area (Å²) < 4.78 is 21.4. The van der Waals surface area contributed by atoms with E-state index in [1.54, 1.807) is 13.3 Å². The van der Waals surface area contributed by atoms with Crippen molar-refractivity contribution >= 4 is 0 Å². The zero-order valence-electron chi connectivity index (χ0n) is 14.3. The predicted molar refractivity (Wildman–Crippen MR) is 95.4 cm³/mol. The van der Waals surface area contributed by atoms with Gasteiger partial charge in [-0.1, -0.05) is 5.16 Å². The number of methoxy groups -OCH3 is 1. The lowest BCUT2D eigenvalue weighted by molar-refractivity contribution is 0.174. The minimum atomic E-state index is 0.226. The predicted octanol–water partition coefficient (Wildman–Crippen LogP) is 3.53. The van der Waals surface area contributed by atoms with Crippen LogP contribution in [0.4, 0.5) is 0 Å². The molecule has 5 rings (SSSR count). The zero-order chi connectivity index (χ0) is 18.2. The Kier molecular flexibility index (Phi) is 3.53. The number of H-pyrrole nitrogens is 1. The highest BCUT2D eigenvalue weighted by molar-refractivity contribution is 5.78. The fourth-order valence-electron chi connectivity index (χ4n) is 2.91. The second kappa shape index (κ2) is 6.17. The van der Waals surface area contributed by atoms with Crippen molar-refractivity contribution in [3.63, 3.8) is 0 Å². The van der Waals surface area contributed by atoms with Crippen molar-refractivity contribution in [3.8, 4) is 51.3 Å². The van der Waals surface area contributed by atoms with Gasteiger partial charge in [0.05, 0.1) is 24.6 Å². The van der Waals surface area contributed by atoms with Gasteiger partial charge in [-0.15, -0.1) is 0 Å². The van der Waals surface area contributed by atoms with Crippen LogP contribution < -0.4 is 14.2 Å². The van der Waals surface area contributed by atoms with E-state index in [-0.39, 0.29) is 6.79 Å². The topological polar surface area (TPSA) is 95.3 Å². The molecule has 0 radical (unpaired) electrons. The lowest BCUT2D eigenvalue weighted by atomic mass is 10.1. The fourth-order valence-corrected chi connectivity index (χ4v) is 2.91. The van der Waals surface area contributed by atoms with E-state index in [2.05, 4.69) is 20.3 Å². The van der Waals surface area contributed by atoms with Crippen molar-refractivity contribution in [3.05, 3.63) is 48.7 Å². The number of hydrogen-bond donors (Lipinski definition) is 1. The molecule has 3 heterocycles. The molecule has 0 aliphatic carbocycles. The van der Waals surface area contributed by atoms with Crippen LogP contribution in [-0.4, -0.2) is 34.2 Å². The van der Waals surface area contributed by atoms with Crippen LogP contribution in [0.15, 0.2) is 53.2 Å². The molecule has 0 saturated heterocycles. The number of aromatic nitrogens is 4. The van der Waals surface area contributed by atoms with Crippen molar-refractivity contribution in [1.29, 1.82) is 0 Å². The van der Waals surface area contributed by atoms with Gasteiger partial charge >= 0.3 is 0 Å². The second-order valence-corrected chi connectivity index (χ2v) is 5.88. The third-order valence-corrected chi connectivity index (χ3v) is 4.31. The first-order chi connectivity index (χ1) is 13.3. The molecular weight excluding hydrogens is 348 g/mol. The Bertz CT molecular complexity index is 1100. The van der Waals surface area contributed by atoms with E-state index in [1.165, 1.54) is 0 Å². The monoisotopic (exact) mass is 362 g/mol. The molecule has 4 aromatic rings. The molecule has 8 heteroatoms. The molecule has 2 aromatic carbocycles. The number of aromatic amines is 1. The number of nitrogens with one attached hydrogen (secondary N) is 1. The Balaban J connectivity index is 1.50. The normalized spacial score (nSPS) is 12.3. The van der Waals surface area contributed by atoms with Gasteiger partial charge in [0.25, 0.3) is 5.89 Å². The first-order valence-corrected chi connectivity index (χ1v) is 8.24. The molecule has 0 saturated carbocycles. The lowest BCUT2D eigenvalue weighted by Crippen LogP contribution is -1.92. The molecule has 1 aliphatic rings. The first-order valence-electron chi connectivity index (χ1n) is 8.24. The van der Waals surface area contributed by atoms with Crippen LogP contribution in [0.1, 0.15) is 0 Å². The van der Waals surface area contributed by atoms with Crippen LogP contribution in [0.25, 0.3) is 34.1 Å². The Morgan fingerprint density at radius 2 is 1.81 bits per heavy atom. The van der Waals surface area contributed by atoms with Crippen LogP contribution in [-0.2, 0) is 0 Å². The first kappa shape index (κ1) is 15.4. The maximum atomic E-state index is 5.47. The molecular formula is C19H14N4O4. The molecule has 1 aliphatic heterocycles. The maximum Gasteiger partial charge on any atom is 0.262 e. The number of benzene rings is 2. The lowest BCUT2D eigenvalue weighted by Gasteiger charge is -2.02. The van der Waals surface area contributed by atoms with E-state index >= 15 is 0 Å². The molecule has 0 unspecified atom stereocenters. The number of fused-ring (bicyclic) bond motifs is 1. The van der Waals surface area contributed by atoms with E-state index in [0.29, 0.717) is 23.0 Å². The van der Waals surface area contributed by atoms with Crippen molar-refractivity contribution in [2.45, 2.75) is 0 Å². The molecule has 2 aromatic heterocycles. The van der Waals surface area contributed by atoms with Crippen molar-refractivity contribution < 1.29 is 18.7 Å². The van der Waals surface area contributed by atoms with Gasteiger partial charge in [0.1, 0.15) is 5.75 Å². The summed E-state index contributed by atoms with van der Waals surface area (Å²) in [4.78, 5) is 4.50. The highest BCUT2D eigenvalue weighted by Gasteiger charge is 2.20. The quantitative estimate of drug-likeness (QED) is 0.593. The Morgan fingerprint density at radius 3 is 2.67 bits per heavy atom. The van der Waals surface area contributed by atoms with Crippen molar-refractivity contribution in [2.24, 2.45) is 0 Å². The standard InChI is InChI=1S/C19H14N4O4/c1-24-13-5-2-11(3-6-13)18-21-19(27-23-18)14-9-20-22-17(14)12-4-7-15-16(8-12)26-10-25-15/h2-9H,10H2,1H3,(H,20,22). The van der Waals surface area contributed by atoms with E-state index in [1.807, 2.05) is 42.5 Å². The number of nitrogens with zero attached hydrogens (tertiary/aromatic N) is 3. The fraction of sp³-hybridized carbons (Fsp3) is 0.105. The van der Waals surface area contributed by atoms with Crippen molar-refractivity contribution in [2.75, 3.05) is 13.9 Å². The zero-order valence-corrected chi connectivity index (χ0v) is 14.3. The second-order valence-electron chi connectivity index (χ2n) is 5.88. The van der Waals surface area contributed by atoms with Gasteiger partial charge in [0.2, 0.25) is 12.6 Å². The van der Waals surface area contributed by atoms with E-state index in [9.17, 15) is 0 Å². The SMILES string of the molecule is COc1ccc(-c2noc(-c3cn[nH]c3-c3ccc4c(c3)OCO4)n2)cc1. The molecule has 27 heavy (non-hydrogen) atoms. The average molecular weight is 362 g/mol. The number of ether oxygens (including phenoxy) is 3. The Labute approximate surface area is 153 Å². The largest absolute Gasteiger partial charge is 0.497 e. The highest BCUT2D eigenvalue weighted by atomic mass is 16.7. The van der Waals surface area contributed by atoms with Crippen molar-refractivity contribution in [1.82, 2.24) is 20.3 Å². The third-order valence-electron chi connectivity index (χ3n) is 4.31. The summed E-state index contributed by atoms with van der Waals surface area (Å²) in [6.07, 6.45) is 1.66. The highest BCUT2D eigenvalue weighted by Crippen LogP contribution is 2.38. The van der Waals surface area contributed by atoms with Gasteiger partial charge < -0.3 is 18.7 Å². The molecule has 1 N–H and O–H groups in total. The van der Waals surface area contributed by atoms with Crippen LogP contribution >= 0.6 is 0 Å². The van der Waals surface area contributed by atoms with Gasteiger partial charge in [-0.25, -0.2) is 0 Å². The summed E-state index contributed by atoms with van der Waals surface area (Å²) in [6, 6.07) is 13.1. The van der Waals surface area contributed by atoms with Crippen LogP contribution in [0.3, 0.4) is 0 Å². The van der Waals surface area contributed by atoms with Gasteiger partial charge in [-0.2, -0.15) is 10.1 Å². The Morgan fingerprint density at radius 1 is 1.00 bits per heavy atom. The van der Waals surface area contributed by atoms with Gasteiger partial charge in [-0.3, -0.25) is 5.10 Å². The van der Waals surface area contributed by atoms with E-state index < -0.39 is 0 Å². The van der Waals surface area contributed by atoms with Gasteiger partial charge in [0.15, 0.2) is 11.5 Å². The van der Waals surface area contributed by atoms with Crippen LogP contribution in [0.2, 0.25) is 0 Å². The molecule has 0 amide bonds. The number of hydrogen-bond acceptors (Lipinski definition) is 7. The average Bonchev–Trinajstić information content (AvgIpc) is 3.46. The smallest absolute Gasteiger partial charge is 0.262 e. The molecule has 8 nitrogen and oxygen atoms in total. The minimum Gasteiger partial charge on any atom is -0.497 e. The van der Waals surface area contributed by atoms with Crippen LogP contribution in [0.5, 0.6) is 17.2 Å². The molecule has 0 spiro atoms. The molecule has 0 bridgehead atoms. The summed E-state index contributed by atoms with van der Waals surface area (Å²) in [5.74, 6) is 3.05. The van der Waals surface area contributed by atoms with E-state index in [0.717, 1.165) is 28.3 Å².